The van der Waals surface area contributed by atoms with E-state index >= 15 is 0 Å². The summed E-state index contributed by atoms with van der Waals surface area (Å²) >= 11 is 5.81. The van der Waals surface area contributed by atoms with Gasteiger partial charge in [-0.05, 0) is 37.1 Å². The third-order valence-corrected chi connectivity index (χ3v) is 6.57. The van der Waals surface area contributed by atoms with E-state index in [1.54, 1.807) is 5.48 Å². The van der Waals surface area contributed by atoms with E-state index in [1.807, 2.05) is 0 Å². The van der Waals surface area contributed by atoms with Crippen LogP contribution in [-0.4, -0.2) is 49.1 Å². The van der Waals surface area contributed by atoms with Crippen molar-refractivity contribution in [3.8, 4) is 0 Å². The van der Waals surface area contributed by atoms with Gasteiger partial charge in [0.15, 0.2) is 0 Å². The van der Waals surface area contributed by atoms with Gasteiger partial charge in [-0.2, -0.15) is 4.31 Å². The first-order valence-electron chi connectivity index (χ1n) is 8.74. The van der Waals surface area contributed by atoms with Crippen LogP contribution in [0.3, 0.4) is 0 Å². The number of hydrogen-bond donors (Lipinski definition) is 2. The van der Waals surface area contributed by atoms with Crippen molar-refractivity contribution in [1.82, 2.24) is 9.79 Å². The number of ether oxygens (including phenoxy) is 1. The Bertz CT molecular complexity index is 696. The summed E-state index contributed by atoms with van der Waals surface area (Å²) in [7, 11) is -3.91. The summed E-state index contributed by atoms with van der Waals surface area (Å²) in [6, 6.07) is 4.64. The first kappa shape index (κ1) is 21.1. The predicted octanol–water partition coefficient (Wildman–Crippen LogP) is 2.57. The van der Waals surface area contributed by atoms with E-state index < -0.39 is 28.1 Å². The first-order chi connectivity index (χ1) is 12.4. The third kappa shape index (κ3) is 4.95. The average molecular weight is 405 g/mol. The molecule has 2 N–H and O–H groups in total. The second-order valence-corrected chi connectivity index (χ2v) is 8.58. The van der Waals surface area contributed by atoms with Crippen LogP contribution in [0.4, 0.5) is 0 Å². The third-order valence-electron chi connectivity index (χ3n) is 4.43. The molecule has 0 radical (unpaired) electrons. The van der Waals surface area contributed by atoms with E-state index in [4.69, 9.17) is 21.5 Å². The van der Waals surface area contributed by atoms with Crippen LogP contribution in [0.15, 0.2) is 29.2 Å². The summed E-state index contributed by atoms with van der Waals surface area (Å²) < 4.78 is 32.7. The van der Waals surface area contributed by atoms with Gasteiger partial charge in [0.25, 0.3) is 5.91 Å². The molecule has 1 saturated heterocycles. The maximum Gasteiger partial charge on any atom is 0.264 e. The molecule has 9 heteroatoms. The molecule has 1 aliphatic heterocycles. The molecular formula is C17H25ClN2O5S. The summed E-state index contributed by atoms with van der Waals surface area (Å²) in [5.41, 5.74) is 1.56. The van der Waals surface area contributed by atoms with Gasteiger partial charge in [0.05, 0.1) is 11.0 Å². The Morgan fingerprint density at radius 2 is 2.00 bits per heavy atom. The fourth-order valence-corrected chi connectivity index (χ4v) is 4.81. The number of hydrogen-bond acceptors (Lipinski definition) is 5. The number of sulfonamides is 1. The minimum absolute atomic E-state index is 0.0428. The summed E-state index contributed by atoms with van der Waals surface area (Å²) in [5.74, 6) is -0.793. The zero-order valence-corrected chi connectivity index (χ0v) is 16.3. The lowest BCUT2D eigenvalue weighted by Gasteiger charge is -2.25. The molecule has 146 valence electrons. The molecule has 26 heavy (non-hydrogen) atoms. The highest BCUT2D eigenvalue weighted by molar-refractivity contribution is 7.89. The number of benzene rings is 1. The van der Waals surface area contributed by atoms with Gasteiger partial charge in [-0.1, -0.05) is 37.8 Å². The van der Waals surface area contributed by atoms with Crippen molar-refractivity contribution in [2.24, 2.45) is 0 Å². The largest absolute Gasteiger partial charge is 0.376 e. The molecule has 7 nitrogen and oxygen atoms in total. The summed E-state index contributed by atoms with van der Waals surface area (Å²) in [5, 5.41) is 9.47. The van der Waals surface area contributed by atoms with Gasteiger partial charge in [-0.25, -0.2) is 13.9 Å². The SMILES string of the molecule is CCCCCCO[C@H]1CCN(S(=O)(=O)c2ccc(Cl)cc2)[C@H]1C(=O)NO. The van der Waals surface area contributed by atoms with Crippen LogP contribution in [0.5, 0.6) is 0 Å². The number of carbonyl (C=O) groups excluding carboxylic acids is 1. The van der Waals surface area contributed by atoms with Gasteiger partial charge in [0.2, 0.25) is 10.0 Å². The van der Waals surface area contributed by atoms with Crippen LogP contribution < -0.4 is 5.48 Å². The topological polar surface area (TPSA) is 95.9 Å². The summed E-state index contributed by atoms with van der Waals surface area (Å²) in [6.07, 6.45) is 3.87. The van der Waals surface area contributed by atoms with E-state index in [2.05, 4.69) is 6.92 Å². The molecule has 1 fully saturated rings. The number of amides is 1. The fraction of sp³-hybridized carbons (Fsp3) is 0.588. The minimum Gasteiger partial charge on any atom is -0.376 e. The molecule has 0 aromatic heterocycles. The molecule has 0 bridgehead atoms. The van der Waals surface area contributed by atoms with Crippen LogP contribution in [0, 0.1) is 0 Å². The zero-order chi connectivity index (χ0) is 19.2. The molecule has 2 rings (SSSR count). The number of carbonyl (C=O) groups is 1. The minimum atomic E-state index is -3.91. The number of nitrogens with zero attached hydrogens (tertiary/aromatic N) is 1. The molecule has 0 saturated carbocycles. The molecule has 1 heterocycles. The normalized spacial score (nSPS) is 21.0. The zero-order valence-electron chi connectivity index (χ0n) is 14.7. The Morgan fingerprint density at radius 1 is 1.31 bits per heavy atom. The standard InChI is InChI=1S/C17H25ClN2O5S/c1-2-3-4-5-12-25-15-10-11-20(16(15)17(21)19-22)26(23,24)14-8-6-13(18)7-9-14/h6-9,15-16,22H,2-5,10-12H2,1H3,(H,19,21)/t15-,16+/m0/s1. The number of halogens is 1. The number of hydroxylamine groups is 1. The van der Waals surface area contributed by atoms with E-state index in [-0.39, 0.29) is 11.4 Å². The molecule has 0 unspecified atom stereocenters. The number of unbranched alkanes of at least 4 members (excludes halogenated alkanes) is 3. The van der Waals surface area contributed by atoms with Crippen molar-refractivity contribution >= 4 is 27.5 Å². The lowest BCUT2D eigenvalue weighted by Crippen LogP contribution is -2.50. The van der Waals surface area contributed by atoms with Crippen molar-refractivity contribution < 1.29 is 23.2 Å². The predicted molar refractivity (Wildman–Crippen MR) is 97.6 cm³/mol. The van der Waals surface area contributed by atoms with Gasteiger partial charge in [0, 0.05) is 18.2 Å². The van der Waals surface area contributed by atoms with E-state index in [0.717, 1.165) is 30.0 Å². The highest BCUT2D eigenvalue weighted by atomic mass is 35.5. The maximum absolute atomic E-state index is 12.9. The molecule has 0 spiro atoms. The lowest BCUT2D eigenvalue weighted by atomic mass is 10.1. The molecule has 2 atom stereocenters. The monoisotopic (exact) mass is 404 g/mol. The van der Waals surface area contributed by atoms with E-state index in [0.29, 0.717) is 18.1 Å². The van der Waals surface area contributed by atoms with Gasteiger partial charge in [0.1, 0.15) is 6.04 Å². The second kappa shape index (κ2) is 9.66. The van der Waals surface area contributed by atoms with Crippen molar-refractivity contribution in [2.75, 3.05) is 13.2 Å². The number of rotatable bonds is 9. The Kier molecular flexibility index (Phi) is 7.85. The van der Waals surface area contributed by atoms with Gasteiger partial charge < -0.3 is 4.74 Å². The average Bonchev–Trinajstić information content (AvgIpc) is 3.06. The molecule has 0 aliphatic carbocycles. The van der Waals surface area contributed by atoms with Crippen LogP contribution in [0.25, 0.3) is 0 Å². The molecule has 1 amide bonds. The Morgan fingerprint density at radius 3 is 2.62 bits per heavy atom. The van der Waals surface area contributed by atoms with Gasteiger partial charge in [-0.3, -0.25) is 10.0 Å². The smallest absolute Gasteiger partial charge is 0.264 e. The first-order valence-corrected chi connectivity index (χ1v) is 10.6. The molecule has 1 aromatic rings. The van der Waals surface area contributed by atoms with Crippen molar-refractivity contribution in [3.05, 3.63) is 29.3 Å². The van der Waals surface area contributed by atoms with E-state index in [9.17, 15) is 13.2 Å². The maximum atomic E-state index is 12.9. The van der Waals surface area contributed by atoms with Gasteiger partial charge >= 0.3 is 0 Å². The van der Waals surface area contributed by atoms with Crippen molar-refractivity contribution in [2.45, 2.75) is 56.1 Å². The Hall–Kier alpha value is -1.19. The lowest BCUT2D eigenvalue weighted by molar-refractivity contribution is -0.136. The van der Waals surface area contributed by atoms with Crippen molar-refractivity contribution in [1.29, 1.82) is 0 Å². The summed E-state index contributed by atoms with van der Waals surface area (Å²) in [4.78, 5) is 12.2. The quantitative estimate of drug-likeness (QED) is 0.374. The van der Waals surface area contributed by atoms with Crippen molar-refractivity contribution in [3.63, 3.8) is 0 Å². The van der Waals surface area contributed by atoms with Crippen LogP contribution in [0.1, 0.15) is 39.0 Å². The van der Waals surface area contributed by atoms with Crippen LogP contribution in [0.2, 0.25) is 5.02 Å². The van der Waals surface area contributed by atoms with Gasteiger partial charge in [-0.15, -0.1) is 0 Å². The highest BCUT2D eigenvalue weighted by Gasteiger charge is 2.46. The fourth-order valence-electron chi connectivity index (χ4n) is 3.05. The molecular weight excluding hydrogens is 380 g/mol. The van der Waals surface area contributed by atoms with Crippen LogP contribution in [-0.2, 0) is 19.6 Å². The van der Waals surface area contributed by atoms with Crippen LogP contribution >= 0.6 is 11.6 Å². The summed E-state index contributed by atoms with van der Waals surface area (Å²) in [6.45, 7) is 2.70. The molecule has 1 aromatic carbocycles. The highest BCUT2D eigenvalue weighted by Crippen LogP contribution is 2.29. The Balaban J connectivity index is 2.14. The second-order valence-electron chi connectivity index (χ2n) is 6.25. The van der Waals surface area contributed by atoms with E-state index in [1.165, 1.54) is 24.3 Å². The molecule has 1 aliphatic rings. The Labute approximate surface area is 159 Å². The number of nitrogens with one attached hydrogen (secondary N) is 1.